The first-order valence-electron chi connectivity index (χ1n) is 8.32. The fourth-order valence-corrected chi connectivity index (χ4v) is 4.26. The summed E-state index contributed by atoms with van der Waals surface area (Å²) in [6, 6.07) is 10.2. The van der Waals surface area contributed by atoms with Crippen molar-refractivity contribution in [3.8, 4) is 17.3 Å². The molecule has 146 valence electrons. The van der Waals surface area contributed by atoms with Crippen LogP contribution in [0.4, 0.5) is 10.1 Å². The maximum Gasteiger partial charge on any atom is 0.357 e. The molecule has 9 heteroatoms. The van der Waals surface area contributed by atoms with Gasteiger partial charge >= 0.3 is 5.97 Å². The van der Waals surface area contributed by atoms with Crippen LogP contribution in [0.3, 0.4) is 0 Å². The number of carbonyl (C=O) groups excluding carboxylic acids is 1. The third kappa shape index (κ3) is 3.34. The third-order valence-electron chi connectivity index (χ3n) is 4.31. The maximum absolute atomic E-state index is 13.8. The Morgan fingerprint density at radius 2 is 1.97 bits per heavy atom. The lowest BCUT2D eigenvalue weighted by Gasteiger charge is -2.06. The Morgan fingerprint density at radius 3 is 2.66 bits per heavy atom. The Labute approximate surface area is 173 Å². The summed E-state index contributed by atoms with van der Waals surface area (Å²) in [7, 11) is 1.23. The van der Waals surface area contributed by atoms with E-state index in [0.29, 0.717) is 31.3 Å². The van der Waals surface area contributed by atoms with Crippen molar-refractivity contribution in [3.63, 3.8) is 0 Å². The average molecular weight is 428 g/mol. The highest BCUT2D eigenvalue weighted by Gasteiger charge is 2.28. The Kier molecular flexibility index (Phi) is 4.77. The summed E-state index contributed by atoms with van der Waals surface area (Å²) in [4.78, 5) is 16.8. The maximum atomic E-state index is 13.8. The van der Waals surface area contributed by atoms with Crippen LogP contribution in [-0.4, -0.2) is 33.6 Å². The van der Waals surface area contributed by atoms with Crippen LogP contribution in [0.25, 0.3) is 17.3 Å². The third-order valence-corrected chi connectivity index (χ3v) is 5.62. The van der Waals surface area contributed by atoms with Crippen LogP contribution in [0.1, 0.15) is 10.4 Å². The van der Waals surface area contributed by atoms with E-state index in [1.54, 1.807) is 12.1 Å². The Hall–Kier alpha value is -3.30. The molecule has 2 aromatic carbocycles. The number of fused-ring (bicyclic) bond motifs is 1. The monoisotopic (exact) mass is 428 g/mol. The number of hydrogen-bond donors (Lipinski definition) is 2. The zero-order valence-electron chi connectivity index (χ0n) is 14.9. The van der Waals surface area contributed by atoms with Crippen molar-refractivity contribution in [2.45, 2.75) is 0 Å². The molecule has 0 atom stereocenters. The molecule has 0 saturated heterocycles. The minimum Gasteiger partial charge on any atom is -0.508 e. The number of halogens is 1. The molecule has 0 radical (unpaired) electrons. The number of ether oxygens (including phenoxy) is 1. The number of phenolic OH excluding ortho intramolecular Hbond substituents is 1. The first-order valence-corrected chi connectivity index (χ1v) is 9.54. The first kappa shape index (κ1) is 19.0. The van der Waals surface area contributed by atoms with Gasteiger partial charge in [-0.05, 0) is 60.8 Å². The average Bonchev–Trinajstić information content (AvgIpc) is 3.19. The lowest BCUT2D eigenvalue weighted by atomic mass is 10.0. The summed E-state index contributed by atoms with van der Waals surface area (Å²) < 4.78 is 20.4. The Bertz CT molecular complexity index is 1260. The van der Waals surface area contributed by atoms with Crippen LogP contribution in [-0.2, 0) is 9.53 Å². The first-order chi connectivity index (χ1) is 13.9. The highest BCUT2D eigenvalue weighted by Crippen LogP contribution is 2.40. The van der Waals surface area contributed by atoms with E-state index in [1.807, 2.05) is 0 Å². The number of carbonyl (C=O) groups is 1. The molecule has 0 aliphatic carbocycles. The second-order valence-electron chi connectivity index (χ2n) is 6.08. The van der Waals surface area contributed by atoms with Crippen molar-refractivity contribution >= 4 is 52.6 Å². The predicted molar refractivity (Wildman–Crippen MR) is 111 cm³/mol. The fraction of sp³-hybridized carbons (Fsp3) is 0.0500. The Morgan fingerprint density at radius 1 is 1.24 bits per heavy atom. The molecule has 0 amide bonds. The number of hydrogen-bond acceptors (Lipinski definition) is 7. The molecule has 0 saturated carbocycles. The highest BCUT2D eigenvalue weighted by molar-refractivity contribution is 7.73. The minimum atomic E-state index is -0.672. The summed E-state index contributed by atoms with van der Waals surface area (Å²) in [6.45, 7) is 0. The van der Waals surface area contributed by atoms with Crippen LogP contribution in [0, 0.1) is 9.77 Å². The van der Waals surface area contributed by atoms with E-state index in [9.17, 15) is 19.4 Å². The molecular weight excluding hydrogens is 415 g/mol. The molecule has 0 bridgehead atoms. The van der Waals surface area contributed by atoms with Crippen molar-refractivity contribution < 1.29 is 24.1 Å². The number of esters is 1. The zero-order chi connectivity index (χ0) is 20.7. The number of phenols is 1. The van der Waals surface area contributed by atoms with Crippen LogP contribution in [0.5, 0.6) is 11.6 Å². The number of benzene rings is 2. The van der Waals surface area contributed by atoms with E-state index in [4.69, 9.17) is 17.0 Å². The topological polar surface area (TPSA) is 84.0 Å². The van der Waals surface area contributed by atoms with E-state index in [2.05, 4.69) is 4.99 Å². The van der Waals surface area contributed by atoms with Crippen LogP contribution in [0.15, 0.2) is 47.5 Å². The van der Waals surface area contributed by atoms with Gasteiger partial charge in [0.1, 0.15) is 11.6 Å². The molecule has 4 rings (SSSR count). The summed E-state index contributed by atoms with van der Waals surface area (Å²) in [5.41, 5.74) is 1.75. The van der Waals surface area contributed by atoms with Gasteiger partial charge in [-0.25, -0.2) is 14.2 Å². The van der Waals surface area contributed by atoms with Crippen molar-refractivity contribution in [3.05, 3.63) is 62.7 Å². The minimum absolute atomic E-state index is 0.0167. The van der Waals surface area contributed by atoms with Crippen LogP contribution in [0.2, 0.25) is 0 Å². The van der Waals surface area contributed by atoms with Gasteiger partial charge in [-0.3, -0.25) is 4.57 Å². The SMILES string of the molecule is COC(=O)C1=Nc2ccc(F)cc2C1=Cc1sc(=S)n(-c2ccc(O)cc2)c1O. The summed E-state index contributed by atoms with van der Waals surface area (Å²) in [5, 5.41) is 20.2. The molecule has 1 aliphatic rings. The van der Waals surface area contributed by atoms with Crippen molar-refractivity contribution in [2.75, 3.05) is 7.11 Å². The van der Waals surface area contributed by atoms with E-state index < -0.39 is 11.8 Å². The number of aliphatic imine (C=N–C) groups is 1. The predicted octanol–water partition coefficient (Wildman–Crippen LogP) is 4.62. The molecular formula is C20H13FN2O4S2. The molecule has 29 heavy (non-hydrogen) atoms. The largest absolute Gasteiger partial charge is 0.508 e. The van der Waals surface area contributed by atoms with E-state index in [-0.39, 0.29) is 17.3 Å². The van der Waals surface area contributed by atoms with Gasteiger partial charge in [0.05, 0.1) is 23.4 Å². The van der Waals surface area contributed by atoms with Gasteiger partial charge in [0.25, 0.3) is 0 Å². The lowest BCUT2D eigenvalue weighted by molar-refractivity contribution is -0.132. The van der Waals surface area contributed by atoms with Crippen LogP contribution < -0.4 is 0 Å². The van der Waals surface area contributed by atoms with Gasteiger partial charge in [0, 0.05) is 11.1 Å². The number of aromatic hydroxyl groups is 2. The molecule has 1 aliphatic heterocycles. The number of thiazole rings is 1. The van der Waals surface area contributed by atoms with Gasteiger partial charge in [-0.2, -0.15) is 0 Å². The van der Waals surface area contributed by atoms with Gasteiger partial charge in [-0.15, -0.1) is 11.3 Å². The smallest absolute Gasteiger partial charge is 0.357 e. The van der Waals surface area contributed by atoms with E-state index >= 15 is 0 Å². The number of rotatable bonds is 3. The summed E-state index contributed by atoms with van der Waals surface area (Å²) in [6.07, 6.45) is 1.54. The highest BCUT2D eigenvalue weighted by atomic mass is 32.1. The number of methoxy groups -OCH3 is 1. The molecule has 6 nitrogen and oxygen atoms in total. The molecule has 0 unspecified atom stereocenters. The second kappa shape index (κ2) is 7.26. The Balaban J connectivity index is 1.87. The molecule has 2 heterocycles. The number of nitrogens with zero attached hydrogens (tertiary/aromatic N) is 2. The molecule has 0 spiro atoms. The van der Waals surface area contributed by atoms with Crippen molar-refractivity contribution in [1.29, 1.82) is 0 Å². The molecule has 1 aromatic heterocycles. The lowest BCUT2D eigenvalue weighted by Crippen LogP contribution is -2.14. The molecule has 0 fully saturated rings. The van der Waals surface area contributed by atoms with Crippen LogP contribution >= 0.6 is 23.6 Å². The second-order valence-corrected chi connectivity index (χ2v) is 7.75. The summed E-state index contributed by atoms with van der Waals surface area (Å²) >= 11 is 6.48. The number of aromatic nitrogens is 1. The van der Waals surface area contributed by atoms with Gasteiger partial charge in [0.15, 0.2) is 9.67 Å². The van der Waals surface area contributed by atoms with E-state index in [1.165, 1.54) is 48.1 Å². The van der Waals surface area contributed by atoms with Crippen molar-refractivity contribution in [1.82, 2.24) is 4.57 Å². The van der Waals surface area contributed by atoms with Gasteiger partial charge in [-0.1, -0.05) is 0 Å². The fourth-order valence-electron chi connectivity index (χ4n) is 2.96. The quantitative estimate of drug-likeness (QED) is 0.470. The van der Waals surface area contributed by atoms with Gasteiger partial charge in [0.2, 0.25) is 5.88 Å². The van der Waals surface area contributed by atoms with Gasteiger partial charge < -0.3 is 14.9 Å². The molecule has 2 N–H and O–H groups in total. The molecule has 3 aromatic rings. The van der Waals surface area contributed by atoms with E-state index in [0.717, 1.165) is 11.3 Å². The summed E-state index contributed by atoms with van der Waals surface area (Å²) in [5.74, 6) is -1.21. The van der Waals surface area contributed by atoms with Crippen molar-refractivity contribution in [2.24, 2.45) is 4.99 Å². The standard InChI is InChI=1S/C20H13FN2O4S2/c1-27-19(26)17-14(13-8-10(21)2-7-15(13)22-17)9-16-18(25)23(20(28)29-16)11-3-5-12(24)6-4-11/h2-9,24-25H,1H3. The normalized spacial score (nSPS) is 14.0. The zero-order valence-corrected chi connectivity index (χ0v) is 16.6.